The van der Waals surface area contributed by atoms with Gasteiger partial charge in [0.1, 0.15) is 0 Å². The third kappa shape index (κ3) is 1.21. The minimum absolute atomic E-state index is 0.273. The van der Waals surface area contributed by atoms with Crippen LogP contribution in [0.1, 0.15) is 23.6 Å². The molecule has 3 nitrogen and oxygen atoms in total. The van der Waals surface area contributed by atoms with Crippen LogP contribution >= 0.6 is 0 Å². The van der Waals surface area contributed by atoms with Gasteiger partial charge in [0.25, 0.3) is 5.70 Å². The van der Waals surface area contributed by atoms with Gasteiger partial charge in [0.15, 0.2) is 0 Å². The predicted molar refractivity (Wildman–Crippen MR) is 54.5 cm³/mol. The Bertz CT molecular complexity index is 447. The Kier molecular flexibility index (Phi) is 1.88. The van der Waals surface area contributed by atoms with E-state index in [0.717, 1.165) is 22.3 Å². The average molecular weight is 189 g/mol. The molecule has 1 aromatic carbocycles. The summed E-state index contributed by atoms with van der Waals surface area (Å²) in [6.45, 7) is 3.82. The predicted octanol–water partition coefficient (Wildman–Crippen LogP) is 2.56. The fourth-order valence-corrected chi connectivity index (χ4v) is 1.86. The summed E-state index contributed by atoms with van der Waals surface area (Å²) in [5.41, 5.74) is 4.41. The Balaban J connectivity index is 2.55. The molecule has 0 heterocycles. The molecule has 1 aliphatic rings. The van der Waals surface area contributed by atoms with Gasteiger partial charge in [-0.1, -0.05) is 23.8 Å². The molecular formula is C11H11NO2. The SMILES string of the molecule is CC1=C([N+](=O)[O-])Cc2ccc(C)cc21. The van der Waals surface area contributed by atoms with Crippen LogP contribution in [-0.2, 0) is 6.42 Å². The van der Waals surface area contributed by atoms with Crippen molar-refractivity contribution in [2.75, 3.05) is 0 Å². The zero-order valence-electron chi connectivity index (χ0n) is 8.20. The highest BCUT2D eigenvalue weighted by Crippen LogP contribution is 2.32. The number of nitro groups is 1. The topological polar surface area (TPSA) is 43.1 Å². The maximum Gasteiger partial charge on any atom is 0.254 e. The van der Waals surface area contributed by atoms with Crippen LogP contribution in [0.5, 0.6) is 0 Å². The highest BCUT2D eigenvalue weighted by atomic mass is 16.6. The minimum atomic E-state index is -0.273. The molecule has 0 fully saturated rings. The van der Waals surface area contributed by atoms with Gasteiger partial charge in [0.2, 0.25) is 0 Å². The number of aryl methyl sites for hydroxylation is 1. The Morgan fingerprint density at radius 1 is 1.36 bits per heavy atom. The highest BCUT2D eigenvalue weighted by Gasteiger charge is 2.26. The quantitative estimate of drug-likeness (QED) is 0.503. The molecule has 1 aliphatic carbocycles. The second-order valence-electron chi connectivity index (χ2n) is 3.67. The van der Waals surface area contributed by atoms with Gasteiger partial charge in [-0.05, 0) is 25.0 Å². The largest absolute Gasteiger partial charge is 0.259 e. The smallest absolute Gasteiger partial charge is 0.254 e. The summed E-state index contributed by atoms with van der Waals surface area (Å²) in [7, 11) is 0. The zero-order chi connectivity index (χ0) is 10.3. The molecule has 3 heteroatoms. The monoisotopic (exact) mass is 189 g/mol. The van der Waals surface area contributed by atoms with Crippen LogP contribution in [0.3, 0.4) is 0 Å². The van der Waals surface area contributed by atoms with Gasteiger partial charge in [0.05, 0.1) is 11.3 Å². The molecule has 0 bridgehead atoms. The van der Waals surface area contributed by atoms with Crippen LogP contribution in [0.4, 0.5) is 0 Å². The third-order valence-corrected chi connectivity index (χ3v) is 2.68. The van der Waals surface area contributed by atoms with Gasteiger partial charge in [-0.2, -0.15) is 0 Å². The Morgan fingerprint density at radius 3 is 2.71 bits per heavy atom. The van der Waals surface area contributed by atoms with Gasteiger partial charge < -0.3 is 0 Å². The van der Waals surface area contributed by atoms with Crippen molar-refractivity contribution in [2.24, 2.45) is 0 Å². The maximum atomic E-state index is 10.7. The number of fused-ring (bicyclic) bond motifs is 1. The second kappa shape index (κ2) is 2.94. The summed E-state index contributed by atoms with van der Waals surface area (Å²) >= 11 is 0. The standard InChI is InChI=1S/C11H11NO2/c1-7-3-4-9-6-11(12(13)14)8(2)10(9)5-7/h3-5H,6H2,1-2H3. The molecule has 0 saturated carbocycles. The van der Waals surface area contributed by atoms with Crippen LogP contribution < -0.4 is 0 Å². The number of rotatable bonds is 1. The van der Waals surface area contributed by atoms with Crippen molar-refractivity contribution in [3.8, 4) is 0 Å². The van der Waals surface area contributed by atoms with Gasteiger partial charge in [-0.25, -0.2) is 0 Å². The van der Waals surface area contributed by atoms with E-state index >= 15 is 0 Å². The molecule has 0 atom stereocenters. The van der Waals surface area contributed by atoms with Crippen LogP contribution in [-0.4, -0.2) is 4.92 Å². The van der Waals surface area contributed by atoms with E-state index in [1.54, 1.807) is 0 Å². The van der Waals surface area contributed by atoms with Crippen molar-refractivity contribution >= 4 is 5.57 Å². The lowest BCUT2D eigenvalue weighted by Gasteiger charge is -2.00. The fourth-order valence-electron chi connectivity index (χ4n) is 1.86. The molecule has 0 radical (unpaired) electrons. The van der Waals surface area contributed by atoms with E-state index in [-0.39, 0.29) is 4.92 Å². The van der Waals surface area contributed by atoms with Crippen molar-refractivity contribution in [3.05, 3.63) is 50.7 Å². The first kappa shape index (κ1) is 8.94. The van der Waals surface area contributed by atoms with Gasteiger partial charge in [0, 0.05) is 5.57 Å². The molecule has 0 spiro atoms. The van der Waals surface area contributed by atoms with Crippen LogP contribution in [0.15, 0.2) is 23.9 Å². The lowest BCUT2D eigenvalue weighted by Crippen LogP contribution is -1.98. The number of allylic oxidation sites excluding steroid dienone is 2. The van der Waals surface area contributed by atoms with Crippen LogP contribution in [0.2, 0.25) is 0 Å². The van der Waals surface area contributed by atoms with Crippen molar-refractivity contribution in [2.45, 2.75) is 20.3 Å². The molecule has 72 valence electrons. The first-order valence-corrected chi connectivity index (χ1v) is 4.53. The maximum absolute atomic E-state index is 10.7. The number of hydrogen-bond donors (Lipinski definition) is 0. The molecule has 0 aliphatic heterocycles. The Morgan fingerprint density at radius 2 is 2.07 bits per heavy atom. The van der Waals surface area contributed by atoms with Gasteiger partial charge in [-0.3, -0.25) is 10.1 Å². The summed E-state index contributed by atoms with van der Waals surface area (Å²) in [5, 5.41) is 10.7. The van der Waals surface area contributed by atoms with E-state index in [4.69, 9.17) is 0 Å². The molecule has 14 heavy (non-hydrogen) atoms. The molecular weight excluding hydrogens is 178 g/mol. The lowest BCUT2D eigenvalue weighted by molar-refractivity contribution is -0.425. The van der Waals surface area contributed by atoms with E-state index in [0.29, 0.717) is 12.1 Å². The average Bonchev–Trinajstić information content (AvgIpc) is 2.44. The summed E-state index contributed by atoms with van der Waals surface area (Å²) in [6, 6.07) is 5.99. The summed E-state index contributed by atoms with van der Waals surface area (Å²) in [5.74, 6) is 0. The van der Waals surface area contributed by atoms with E-state index in [1.165, 1.54) is 0 Å². The van der Waals surface area contributed by atoms with E-state index in [2.05, 4.69) is 0 Å². The molecule has 0 unspecified atom stereocenters. The number of nitrogens with zero attached hydrogens (tertiary/aromatic N) is 1. The minimum Gasteiger partial charge on any atom is -0.259 e. The second-order valence-corrected chi connectivity index (χ2v) is 3.67. The fraction of sp³-hybridized carbons (Fsp3) is 0.273. The van der Waals surface area contributed by atoms with Crippen molar-refractivity contribution < 1.29 is 4.92 Å². The number of hydrogen-bond acceptors (Lipinski definition) is 2. The van der Waals surface area contributed by atoms with Gasteiger partial charge >= 0.3 is 0 Å². The van der Waals surface area contributed by atoms with Crippen molar-refractivity contribution in [3.63, 3.8) is 0 Å². The van der Waals surface area contributed by atoms with E-state index in [9.17, 15) is 10.1 Å². The summed E-state index contributed by atoms with van der Waals surface area (Å²) < 4.78 is 0. The summed E-state index contributed by atoms with van der Waals surface area (Å²) in [6.07, 6.45) is 0.467. The van der Waals surface area contributed by atoms with Crippen molar-refractivity contribution in [1.82, 2.24) is 0 Å². The molecule has 2 rings (SSSR count). The first-order chi connectivity index (χ1) is 6.59. The Hall–Kier alpha value is -1.64. The molecule has 1 aromatic rings. The molecule has 0 saturated heterocycles. The van der Waals surface area contributed by atoms with Crippen molar-refractivity contribution in [1.29, 1.82) is 0 Å². The highest BCUT2D eigenvalue weighted by molar-refractivity contribution is 5.73. The first-order valence-electron chi connectivity index (χ1n) is 4.53. The van der Waals surface area contributed by atoms with E-state index in [1.807, 2.05) is 32.0 Å². The summed E-state index contributed by atoms with van der Waals surface area (Å²) in [4.78, 5) is 10.4. The van der Waals surface area contributed by atoms with Crippen LogP contribution in [0.25, 0.3) is 5.57 Å². The van der Waals surface area contributed by atoms with Crippen LogP contribution in [0, 0.1) is 17.0 Å². The van der Waals surface area contributed by atoms with E-state index < -0.39 is 0 Å². The van der Waals surface area contributed by atoms with Gasteiger partial charge in [-0.15, -0.1) is 0 Å². The third-order valence-electron chi connectivity index (χ3n) is 2.68. The molecule has 0 aromatic heterocycles. The molecule has 0 amide bonds. The lowest BCUT2D eigenvalue weighted by atomic mass is 10.0. The molecule has 0 N–H and O–H groups in total. The number of benzene rings is 1. The zero-order valence-corrected chi connectivity index (χ0v) is 8.20. The Labute approximate surface area is 82.2 Å². The normalized spacial score (nSPS) is 14.4.